The Balaban J connectivity index is -0.0000000171. The van der Waals surface area contributed by atoms with E-state index in [-0.39, 0.29) is 37.4 Å². The Hall–Kier alpha value is 1.12. The van der Waals surface area contributed by atoms with E-state index in [2.05, 4.69) is 41.5 Å². The third-order valence-corrected chi connectivity index (χ3v) is 0. The van der Waals surface area contributed by atoms with Gasteiger partial charge < -0.3 is 13.3 Å². The summed E-state index contributed by atoms with van der Waals surface area (Å²) in [7, 11) is 0. The average Bonchev–Trinajstić information content (AvgIpc) is 1.25. The van der Waals surface area contributed by atoms with E-state index in [1.165, 1.54) is 11.8 Å². The zero-order valence-electron chi connectivity index (χ0n) is 9.30. The molecule has 0 aliphatic rings. The Morgan fingerprint density at radius 2 is 0.700 bits per heavy atom. The van der Waals surface area contributed by atoms with Crippen molar-refractivity contribution in [1.29, 1.82) is 0 Å². The fourth-order valence-electron chi connectivity index (χ4n) is 0. The number of hydrogen-bond acceptors (Lipinski definition) is 0. The molecular formula is C8H19CuLi. The van der Waals surface area contributed by atoms with Crippen LogP contribution in [0.5, 0.6) is 0 Å². The molecule has 0 aliphatic heterocycles. The van der Waals surface area contributed by atoms with Crippen LogP contribution in [0.1, 0.15) is 43.0 Å². The van der Waals surface area contributed by atoms with Crippen molar-refractivity contribution in [3.8, 4) is 0 Å². The molecule has 10 heavy (non-hydrogen) atoms. The molecule has 0 spiro atoms. The topological polar surface area (TPSA) is 0 Å². The molecule has 0 aliphatic carbocycles. The maximum absolute atomic E-state index is 2.08. The van der Waals surface area contributed by atoms with E-state index in [1.54, 1.807) is 0 Å². The van der Waals surface area contributed by atoms with Gasteiger partial charge in [0.2, 0.25) is 0 Å². The molecule has 0 N–H and O–H groups in total. The molecule has 1 radical (unpaired) electrons. The molecule has 0 unspecified atom stereocenters. The summed E-state index contributed by atoms with van der Waals surface area (Å²) < 4.78 is 0. The van der Waals surface area contributed by atoms with Gasteiger partial charge in [0, 0.05) is 0 Å². The summed E-state index contributed by atoms with van der Waals surface area (Å²) in [5.74, 6) is 2.83. The molecule has 2 heteroatoms. The van der Waals surface area contributed by atoms with Crippen LogP contribution in [0.4, 0.5) is 0 Å². The summed E-state index contributed by atoms with van der Waals surface area (Å²) in [6.45, 7) is 12.5. The predicted octanol–water partition coefficient (Wildman–Crippen LogP) is 0.355. The van der Waals surface area contributed by atoms with Crippen LogP contribution in [-0.2, 0) is 17.1 Å². The van der Waals surface area contributed by atoms with Gasteiger partial charge in [-0.05, 0) is 0 Å². The summed E-state index contributed by atoms with van der Waals surface area (Å²) in [5.41, 5.74) is 0. The maximum atomic E-state index is 2.08. The van der Waals surface area contributed by atoms with Gasteiger partial charge in [-0.15, -0.1) is 0 Å². The molecule has 63 valence electrons. The van der Waals surface area contributed by atoms with Crippen molar-refractivity contribution in [2.24, 2.45) is 0 Å². The van der Waals surface area contributed by atoms with Crippen molar-refractivity contribution in [2.75, 3.05) is 0 Å². The fraction of sp³-hybridized carbons (Fsp3) is 0.750. The van der Waals surface area contributed by atoms with Crippen LogP contribution in [0, 0.1) is 11.8 Å². The van der Waals surface area contributed by atoms with Gasteiger partial charge >= 0.3 is 35.9 Å². The second-order valence-electron chi connectivity index (χ2n) is 3.00. The summed E-state index contributed by atoms with van der Waals surface area (Å²) >= 11 is 0. The minimum absolute atomic E-state index is 0. The minimum Gasteiger partial charge on any atom is -1.00 e. The van der Waals surface area contributed by atoms with Crippen LogP contribution < -0.4 is 18.9 Å². The van der Waals surface area contributed by atoms with Gasteiger partial charge in [-0.2, -0.15) is 41.5 Å². The largest absolute Gasteiger partial charge is 2.00 e. The second-order valence-corrected chi connectivity index (χ2v) is 3.00. The number of hydrogen-bond donors (Lipinski definition) is 0. The van der Waals surface area contributed by atoms with Crippen LogP contribution in [0.2, 0.25) is 0 Å². The molecule has 0 rings (SSSR count). The van der Waals surface area contributed by atoms with Crippen molar-refractivity contribution >= 4 is 0 Å². The van der Waals surface area contributed by atoms with Crippen LogP contribution in [0.15, 0.2) is 0 Å². The Labute approximate surface area is 90.7 Å². The smallest absolute Gasteiger partial charge is 1.00 e. The Morgan fingerprint density at radius 3 is 0.700 bits per heavy atom. The Morgan fingerprint density at radius 1 is 0.700 bits per heavy atom. The van der Waals surface area contributed by atoms with E-state index in [9.17, 15) is 0 Å². The molecule has 0 saturated heterocycles. The molecule has 0 aromatic rings. The normalized spacial score (nSPS) is 7.20. The van der Waals surface area contributed by atoms with Gasteiger partial charge in [0.1, 0.15) is 0 Å². The van der Waals surface area contributed by atoms with Crippen molar-refractivity contribution < 1.29 is 37.4 Å². The molecule has 0 fully saturated rings. The SMILES string of the molecule is C[C-](C)C.C[C-](C)C.[Cu+2].[H-].[Li+]. The van der Waals surface area contributed by atoms with Gasteiger partial charge in [-0.3, -0.25) is 0 Å². The second kappa shape index (κ2) is 16.6. The molecule has 0 saturated carbocycles. The average molecular weight is 186 g/mol. The molecule has 0 amide bonds. The van der Waals surface area contributed by atoms with Crippen molar-refractivity contribution in [1.82, 2.24) is 0 Å². The summed E-state index contributed by atoms with van der Waals surface area (Å²) in [6.07, 6.45) is 0. The first-order valence-electron chi connectivity index (χ1n) is 3.00. The molecule has 0 atom stereocenters. The fourth-order valence-corrected chi connectivity index (χ4v) is 0. The van der Waals surface area contributed by atoms with E-state index in [4.69, 9.17) is 0 Å². The standard InChI is InChI=1S/2C4H9.Cu.Li.H/c2*1-4(2)3;;;/h2*1-3H3;;;/q2*-1;+2;+1;-1. The molecule has 0 aromatic carbocycles. The molecular weight excluding hydrogens is 167 g/mol. The van der Waals surface area contributed by atoms with Crippen molar-refractivity contribution in [2.45, 2.75) is 41.5 Å². The number of rotatable bonds is 0. The van der Waals surface area contributed by atoms with Crippen LogP contribution in [0.3, 0.4) is 0 Å². The minimum atomic E-state index is 0. The van der Waals surface area contributed by atoms with Gasteiger partial charge in [0.15, 0.2) is 0 Å². The first-order valence-corrected chi connectivity index (χ1v) is 3.00. The first kappa shape index (κ1) is 22.5. The zero-order chi connectivity index (χ0) is 7.15. The Kier molecular flexibility index (Phi) is 37.3. The summed E-state index contributed by atoms with van der Waals surface area (Å²) in [5, 5.41) is 0. The Bertz CT molecular complexity index is 29.6. The zero-order valence-corrected chi connectivity index (χ0v) is 9.24. The molecule has 0 aromatic heterocycles. The first-order chi connectivity index (χ1) is 3.46. The quantitative estimate of drug-likeness (QED) is 0.378. The molecule has 0 bridgehead atoms. The van der Waals surface area contributed by atoms with E-state index in [0.717, 1.165) is 0 Å². The van der Waals surface area contributed by atoms with Crippen LogP contribution in [0.25, 0.3) is 0 Å². The van der Waals surface area contributed by atoms with E-state index in [1.807, 2.05) is 0 Å². The summed E-state index contributed by atoms with van der Waals surface area (Å²) in [4.78, 5) is 0. The van der Waals surface area contributed by atoms with Gasteiger partial charge in [-0.25, -0.2) is 0 Å². The van der Waals surface area contributed by atoms with Crippen LogP contribution >= 0.6 is 0 Å². The summed E-state index contributed by atoms with van der Waals surface area (Å²) in [6, 6.07) is 0. The maximum Gasteiger partial charge on any atom is 2.00 e. The molecule has 0 nitrogen and oxygen atoms in total. The van der Waals surface area contributed by atoms with Crippen molar-refractivity contribution in [3.63, 3.8) is 0 Å². The van der Waals surface area contributed by atoms with Crippen LogP contribution in [-0.4, -0.2) is 0 Å². The van der Waals surface area contributed by atoms with E-state index >= 15 is 0 Å². The van der Waals surface area contributed by atoms with Crippen molar-refractivity contribution in [3.05, 3.63) is 11.8 Å². The van der Waals surface area contributed by atoms with Gasteiger partial charge in [-0.1, -0.05) is 0 Å². The van der Waals surface area contributed by atoms with Gasteiger partial charge in [0.05, 0.1) is 0 Å². The third-order valence-electron chi connectivity index (χ3n) is 0. The van der Waals surface area contributed by atoms with E-state index in [0.29, 0.717) is 0 Å². The predicted molar refractivity (Wildman–Crippen MR) is 41.6 cm³/mol. The molecule has 0 heterocycles. The monoisotopic (exact) mass is 185 g/mol. The third kappa shape index (κ3) is 482. The van der Waals surface area contributed by atoms with Gasteiger partial charge in [0.25, 0.3) is 0 Å². The van der Waals surface area contributed by atoms with E-state index < -0.39 is 0 Å².